The number of nitriles is 1. The molecule has 4 nitrogen and oxygen atoms in total. The number of rotatable bonds is 2. The highest BCUT2D eigenvalue weighted by atomic mass is 16.5. The minimum absolute atomic E-state index is 0.532. The first kappa shape index (κ1) is 12.0. The van der Waals surface area contributed by atoms with E-state index in [9.17, 15) is 10.4 Å². The molecule has 4 heteroatoms. The average Bonchev–Trinajstić information content (AvgIpc) is 2.39. The van der Waals surface area contributed by atoms with E-state index in [2.05, 4.69) is 11.1 Å². The average molecular weight is 232 g/mol. The number of aliphatic hydroxyl groups excluding tert-OH is 1. The van der Waals surface area contributed by atoms with Crippen molar-refractivity contribution >= 4 is 0 Å². The first-order valence-corrected chi connectivity index (χ1v) is 5.77. The van der Waals surface area contributed by atoms with Crippen molar-refractivity contribution in [2.24, 2.45) is 5.41 Å². The summed E-state index contributed by atoms with van der Waals surface area (Å²) in [5.41, 5.74) is 0.882. The van der Waals surface area contributed by atoms with Crippen LogP contribution in [-0.4, -0.2) is 23.3 Å². The molecule has 17 heavy (non-hydrogen) atoms. The molecule has 0 saturated carbocycles. The molecule has 0 aromatic carbocycles. The van der Waals surface area contributed by atoms with Crippen LogP contribution in [0.5, 0.6) is 0 Å². The second-order valence-corrected chi connectivity index (χ2v) is 4.52. The molecule has 90 valence electrons. The van der Waals surface area contributed by atoms with E-state index in [1.807, 2.05) is 19.1 Å². The zero-order valence-corrected chi connectivity index (χ0v) is 9.89. The van der Waals surface area contributed by atoms with E-state index >= 15 is 0 Å². The fourth-order valence-electron chi connectivity index (χ4n) is 2.14. The second-order valence-electron chi connectivity index (χ2n) is 4.52. The maximum Gasteiger partial charge on any atom is 0.0992 e. The van der Waals surface area contributed by atoms with Gasteiger partial charge in [-0.2, -0.15) is 5.26 Å². The summed E-state index contributed by atoms with van der Waals surface area (Å²) in [6.07, 6.45) is 2.00. The number of hydrogen-bond acceptors (Lipinski definition) is 4. The highest BCUT2D eigenvalue weighted by molar-refractivity contribution is 5.21. The summed E-state index contributed by atoms with van der Waals surface area (Å²) in [5, 5.41) is 19.7. The van der Waals surface area contributed by atoms with Crippen LogP contribution in [-0.2, 0) is 4.74 Å². The van der Waals surface area contributed by atoms with E-state index in [1.165, 1.54) is 0 Å². The molecule has 0 bridgehead atoms. The summed E-state index contributed by atoms with van der Waals surface area (Å²) in [4.78, 5) is 4.16. The van der Waals surface area contributed by atoms with Crippen molar-refractivity contribution in [3.63, 3.8) is 0 Å². The van der Waals surface area contributed by atoms with E-state index < -0.39 is 11.5 Å². The van der Waals surface area contributed by atoms with Crippen LogP contribution in [0.4, 0.5) is 0 Å². The lowest BCUT2D eigenvalue weighted by Crippen LogP contribution is -2.34. The third-order valence-corrected chi connectivity index (χ3v) is 3.38. The second kappa shape index (κ2) is 4.82. The minimum atomic E-state index is -0.788. The van der Waals surface area contributed by atoms with E-state index in [0.717, 1.165) is 5.69 Å². The largest absolute Gasteiger partial charge is 0.387 e. The van der Waals surface area contributed by atoms with Gasteiger partial charge in [0.1, 0.15) is 0 Å². The normalized spacial score (nSPS) is 20.5. The zero-order valence-electron chi connectivity index (χ0n) is 9.89. The molecule has 1 atom stereocenters. The van der Waals surface area contributed by atoms with Gasteiger partial charge in [-0.15, -0.1) is 0 Å². The van der Waals surface area contributed by atoms with Crippen LogP contribution in [0.3, 0.4) is 0 Å². The Balaban J connectivity index is 2.25. The van der Waals surface area contributed by atoms with Gasteiger partial charge in [0.15, 0.2) is 0 Å². The number of pyridine rings is 1. The molecule has 0 amide bonds. The van der Waals surface area contributed by atoms with Crippen LogP contribution in [0, 0.1) is 23.7 Å². The maximum absolute atomic E-state index is 10.4. The third kappa shape index (κ3) is 2.31. The van der Waals surface area contributed by atoms with Crippen molar-refractivity contribution in [2.75, 3.05) is 13.2 Å². The Hall–Kier alpha value is -1.44. The topological polar surface area (TPSA) is 66.1 Å². The molecule has 1 saturated heterocycles. The van der Waals surface area contributed by atoms with Gasteiger partial charge in [0, 0.05) is 30.7 Å². The Morgan fingerprint density at radius 1 is 1.47 bits per heavy atom. The standard InChI is InChI=1S/C13H16N2O2/c1-10-2-3-11(8-15-10)12(16)13(9-14)4-6-17-7-5-13/h2-3,8,12,16H,4-7H2,1H3. The Labute approximate surface area is 101 Å². The Kier molecular flexibility index (Phi) is 3.41. The highest BCUT2D eigenvalue weighted by Crippen LogP contribution is 2.41. The molecule has 1 aromatic rings. The number of aliphatic hydroxyl groups is 1. The summed E-state index contributed by atoms with van der Waals surface area (Å²) in [5.74, 6) is 0. The SMILES string of the molecule is Cc1ccc(C(O)C2(C#N)CCOCC2)cn1. The summed E-state index contributed by atoms with van der Waals surface area (Å²) in [6.45, 7) is 2.96. The number of hydrogen-bond donors (Lipinski definition) is 1. The number of aromatic nitrogens is 1. The first-order valence-electron chi connectivity index (χ1n) is 5.77. The summed E-state index contributed by atoms with van der Waals surface area (Å²) >= 11 is 0. The molecule has 2 heterocycles. The van der Waals surface area contributed by atoms with E-state index in [-0.39, 0.29) is 0 Å². The van der Waals surface area contributed by atoms with E-state index in [1.54, 1.807) is 6.20 Å². The van der Waals surface area contributed by atoms with Crippen molar-refractivity contribution in [1.29, 1.82) is 5.26 Å². The van der Waals surface area contributed by atoms with E-state index in [4.69, 9.17) is 4.74 Å². The fraction of sp³-hybridized carbons (Fsp3) is 0.538. The monoisotopic (exact) mass is 232 g/mol. The number of nitrogens with zero attached hydrogens (tertiary/aromatic N) is 2. The van der Waals surface area contributed by atoms with Gasteiger partial charge in [0.2, 0.25) is 0 Å². The summed E-state index contributed by atoms with van der Waals surface area (Å²) in [6, 6.07) is 5.96. The third-order valence-electron chi connectivity index (χ3n) is 3.38. The van der Waals surface area contributed by atoms with Crippen LogP contribution in [0.1, 0.15) is 30.2 Å². The van der Waals surface area contributed by atoms with Gasteiger partial charge in [-0.1, -0.05) is 6.07 Å². The molecule has 0 aliphatic carbocycles. The van der Waals surface area contributed by atoms with Gasteiger partial charge >= 0.3 is 0 Å². The molecule has 1 aliphatic heterocycles. The Bertz CT molecular complexity index is 416. The zero-order chi connectivity index (χ0) is 12.3. The van der Waals surface area contributed by atoms with Crippen molar-refractivity contribution in [3.05, 3.63) is 29.6 Å². The van der Waals surface area contributed by atoms with Crippen molar-refractivity contribution < 1.29 is 9.84 Å². The molecular formula is C13H16N2O2. The van der Waals surface area contributed by atoms with Gasteiger partial charge in [0.25, 0.3) is 0 Å². The smallest absolute Gasteiger partial charge is 0.0992 e. The van der Waals surface area contributed by atoms with Gasteiger partial charge in [-0.05, 0) is 25.8 Å². The van der Waals surface area contributed by atoms with Crippen LogP contribution >= 0.6 is 0 Å². The molecule has 1 aromatic heterocycles. The van der Waals surface area contributed by atoms with Crippen molar-refractivity contribution in [1.82, 2.24) is 4.98 Å². The predicted octanol–water partition coefficient (Wildman–Crippen LogP) is 1.74. The fourth-order valence-corrected chi connectivity index (χ4v) is 2.14. The van der Waals surface area contributed by atoms with Crippen LogP contribution in [0.15, 0.2) is 18.3 Å². The molecule has 1 aliphatic rings. The van der Waals surface area contributed by atoms with Crippen LogP contribution in [0.2, 0.25) is 0 Å². The van der Waals surface area contributed by atoms with Crippen molar-refractivity contribution in [3.8, 4) is 6.07 Å². The number of ether oxygens (including phenoxy) is 1. The molecule has 1 unspecified atom stereocenters. The molecule has 0 radical (unpaired) electrons. The Morgan fingerprint density at radius 3 is 2.71 bits per heavy atom. The lowest BCUT2D eigenvalue weighted by molar-refractivity contribution is -0.0311. The van der Waals surface area contributed by atoms with Gasteiger partial charge in [0.05, 0.1) is 17.6 Å². The quantitative estimate of drug-likeness (QED) is 0.843. The lowest BCUT2D eigenvalue weighted by atomic mass is 9.74. The number of aryl methyl sites for hydroxylation is 1. The summed E-state index contributed by atoms with van der Waals surface area (Å²) < 4.78 is 5.25. The van der Waals surface area contributed by atoms with Gasteiger partial charge in [-0.25, -0.2) is 0 Å². The highest BCUT2D eigenvalue weighted by Gasteiger charge is 2.40. The molecule has 0 spiro atoms. The molecular weight excluding hydrogens is 216 g/mol. The van der Waals surface area contributed by atoms with Crippen LogP contribution in [0.25, 0.3) is 0 Å². The maximum atomic E-state index is 10.4. The molecule has 1 N–H and O–H groups in total. The summed E-state index contributed by atoms with van der Waals surface area (Å²) in [7, 11) is 0. The first-order chi connectivity index (χ1) is 8.18. The molecule has 2 rings (SSSR count). The Morgan fingerprint density at radius 2 is 2.18 bits per heavy atom. The van der Waals surface area contributed by atoms with Crippen molar-refractivity contribution in [2.45, 2.75) is 25.9 Å². The van der Waals surface area contributed by atoms with Gasteiger partial charge < -0.3 is 9.84 Å². The van der Waals surface area contributed by atoms with Crippen LogP contribution < -0.4 is 0 Å². The molecule has 1 fully saturated rings. The lowest BCUT2D eigenvalue weighted by Gasteiger charge is -2.34. The van der Waals surface area contributed by atoms with Gasteiger partial charge in [-0.3, -0.25) is 4.98 Å². The minimum Gasteiger partial charge on any atom is -0.387 e. The predicted molar refractivity (Wildman–Crippen MR) is 62.0 cm³/mol. The van der Waals surface area contributed by atoms with E-state index in [0.29, 0.717) is 31.6 Å².